The highest BCUT2D eigenvalue weighted by atomic mass is 35.5. The molecule has 0 spiro atoms. The zero-order chi connectivity index (χ0) is 25.7. The number of aromatic nitrogens is 2. The van der Waals surface area contributed by atoms with Gasteiger partial charge in [0.1, 0.15) is 11.6 Å². The van der Waals surface area contributed by atoms with E-state index in [1.165, 1.54) is 6.07 Å². The minimum atomic E-state index is -1.02. The van der Waals surface area contributed by atoms with Gasteiger partial charge in [-0.15, -0.1) is 0 Å². The fourth-order valence-electron chi connectivity index (χ4n) is 3.78. The predicted molar refractivity (Wildman–Crippen MR) is 138 cm³/mol. The van der Waals surface area contributed by atoms with Crippen molar-refractivity contribution < 1.29 is 19.7 Å². The summed E-state index contributed by atoms with van der Waals surface area (Å²) >= 11 is 6.26. The molecule has 7 nitrogen and oxygen atoms in total. The van der Waals surface area contributed by atoms with E-state index in [9.17, 15) is 15.0 Å². The summed E-state index contributed by atoms with van der Waals surface area (Å²) in [5, 5.41) is 23.7. The van der Waals surface area contributed by atoms with E-state index in [4.69, 9.17) is 16.3 Å². The molecule has 35 heavy (non-hydrogen) atoms. The van der Waals surface area contributed by atoms with Crippen molar-refractivity contribution in [3.05, 3.63) is 77.2 Å². The Morgan fingerprint density at radius 2 is 1.91 bits per heavy atom. The number of ether oxygens (including phenoxy) is 1. The number of carbonyl (C=O) groups is 1. The van der Waals surface area contributed by atoms with Crippen molar-refractivity contribution in [3.8, 4) is 17.0 Å². The van der Waals surface area contributed by atoms with E-state index in [1.54, 1.807) is 24.3 Å². The highest BCUT2D eigenvalue weighted by Crippen LogP contribution is 2.28. The van der Waals surface area contributed by atoms with Crippen LogP contribution in [0, 0.1) is 0 Å². The van der Waals surface area contributed by atoms with Crippen LogP contribution >= 0.6 is 11.6 Å². The summed E-state index contributed by atoms with van der Waals surface area (Å²) in [5.41, 5.74) is 3.51. The van der Waals surface area contributed by atoms with Crippen molar-refractivity contribution in [1.82, 2.24) is 14.9 Å². The first-order chi connectivity index (χ1) is 16.6. The van der Waals surface area contributed by atoms with Crippen molar-refractivity contribution >= 4 is 23.1 Å². The first kappa shape index (κ1) is 26.5. The third kappa shape index (κ3) is 6.51. The van der Waals surface area contributed by atoms with Crippen molar-refractivity contribution in [2.75, 3.05) is 6.61 Å². The van der Waals surface area contributed by atoms with Crippen LogP contribution in [0.2, 0.25) is 5.02 Å². The molecule has 3 aromatic rings. The van der Waals surface area contributed by atoms with Gasteiger partial charge in [0.15, 0.2) is 0 Å². The summed E-state index contributed by atoms with van der Waals surface area (Å²) in [6.45, 7) is 9.44. The number of allylic oxidation sites excluding steroid dienone is 1. The Morgan fingerprint density at radius 1 is 1.23 bits per heavy atom. The molecule has 0 bridgehead atoms. The van der Waals surface area contributed by atoms with Gasteiger partial charge in [0, 0.05) is 31.0 Å². The van der Waals surface area contributed by atoms with Crippen LogP contribution in [0.4, 0.5) is 0 Å². The number of halogens is 1. The number of amides is 1. The zero-order valence-electron chi connectivity index (χ0n) is 20.5. The lowest BCUT2D eigenvalue weighted by molar-refractivity contribution is 0.0789. The molecular formula is C27H32ClN3O4. The van der Waals surface area contributed by atoms with Gasteiger partial charge in [-0.3, -0.25) is 4.79 Å². The van der Waals surface area contributed by atoms with Gasteiger partial charge in [0.05, 0.1) is 29.0 Å². The molecule has 0 saturated heterocycles. The smallest absolute Gasteiger partial charge is 0.251 e. The van der Waals surface area contributed by atoms with Gasteiger partial charge < -0.3 is 24.8 Å². The molecule has 0 aliphatic rings. The molecule has 2 unspecified atom stereocenters. The van der Waals surface area contributed by atoms with Crippen LogP contribution in [0.15, 0.2) is 55.2 Å². The molecule has 2 atom stereocenters. The fraction of sp³-hybridized carbons (Fsp3) is 0.333. The lowest BCUT2D eigenvalue weighted by Crippen LogP contribution is -2.40. The molecular weight excluding hydrogens is 466 g/mol. The highest BCUT2D eigenvalue weighted by molar-refractivity contribution is 6.32. The molecule has 3 rings (SSSR count). The van der Waals surface area contributed by atoms with E-state index < -0.39 is 18.1 Å². The first-order valence-corrected chi connectivity index (χ1v) is 11.8. The fourth-order valence-corrected chi connectivity index (χ4v) is 4.00. The van der Waals surface area contributed by atoms with E-state index in [1.807, 2.05) is 50.7 Å². The van der Waals surface area contributed by atoms with E-state index in [0.717, 1.165) is 22.7 Å². The lowest BCUT2D eigenvalue weighted by atomic mass is 9.98. The van der Waals surface area contributed by atoms with Gasteiger partial charge in [-0.1, -0.05) is 42.4 Å². The van der Waals surface area contributed by atoms with Crippen LogP contribution < -0.4 is 10.1 Å². The second kappa shape index (κ2) is 11.5. The summed E-state index contributed by atoms with van der Waals surface area (Å²) in [5.74, 6) is 0.894. The minimum absolute atomic E-state index is 0.0477. The minimum Gasteiger partial charge on any atom is -0.489 e. The quantitative estimate of drug-likeness (QED) is 0.374. The summed E-state index contributed by atoms with van der Waals surface area (Å²) in [6, 6.07) is 11.4. The molecule has 0 radical (unpaired) electrons. The number of nitrogens with zero attached hydrogens (tertiary/aromatic N) is 2. The molecule has 0 aliphatic heterocycles. The van der Waals surface area contributed by atoms with Crippen molar-refractivity contribution in [2.45, 2.75) is 45.4 Å². The van der Waals surface area contributed by atoms with Gasteiger partial charge >= 0.3 is 0 Å². The van der Waals surface area contributed by atoms with Crippen molar-refractivity contribution in [2.24, 2.45) is 7.05 Å². The number of rotatable bonds is 10. The Hall–Kier alpha value is -3.13. The number of carbonyl (C=O) groups excluding carboxylic acids is 1. The number of aryl methyl sites for hydroxylation is 1. The van der Waals surface area contributed by atoms with Crippen LogP contribution in [0.1, 0.15) is 55.0 Å². The number of nitrogens with one attached hydrogen (secondary N) is 1. The molecule has 186 valence electrons. The summed E-state index contributed by atoms with van der Waals surface area (Å²) in [7, 11) is 1.92. The van der Waals surface area contributed by atoms with E-state index in [-0.39, 0.29) is 19.1 Å². The van der Waals surface area contributed by atoms with Crippen LogP contribution in [-0.2, 0) is 7.05 Å². The average Bonchev–Trinajstić information content (AvgIpc) is 3.21. The molecule has 1 heterocycles. The normalized spacial score (nSPS) is 12.9. The Kier molecular flexibility index (Phi) is 8.72. The van der Waals surface area contributed by atoms with Gasteiger partial charge in [-0.25, -0.2) is 4.98 Å². The molecule has 3 N–H and O–H groups in total. The topological polar surface area (TPSA) is 96.6 Å². The molecule has 2 aromatic carbocycles. The summed E-state index contributed by atoms with van der Waals surface area (Å²) in [6.07, 6.45) is 1.04. The number of hydrogen-bond donors (Lipinski definition) is 3. The number of imidazole rings is 1. The maximum absolute atomic E-state index is 12.9. The monoisotopic (exact) mass is 497 g/mol. The molecule has 0 aliphatic carbocycles. The number of aliphatic hydroxyl groups is 2. The largest absolute Gasteiger partial charge is 0.489 e. The maximum Gasteiger partial charge on any atom is 0.251 e. The van der Waals surface area contributed by atoms with Crippen molar-refractivity contribution in [3.63, 3.8) is 0 Å². The molecule has 1 aromatic heterocycles. The molecule has 0 saturated carbocycles. The van der Waals surface area contributed by atoms with E-state index in [2.05, 4.69) is 16.9 Å². The highest BCUT2D eigenvalue weighted by Gasteiger charge is 2.24. The van der Waals surface area contributed by atoms with Crippen LogP contribution in [-0.4, -0.2) is 44.4 Å². The van der Waals surface area contributed by atoms with Crippen LogP contribution in [0.5, 0.6) is 5.75 Å². The number of hydrogen-bond acceptors (Lipinski definition) is 5. The van der Waals surface area contributed by atoms with E-state index >= 15 is 0 Å². The third-order valence-electron chi connectivity index (χ3n) is 5.50. The van der Waals surface area contributed by atoms with Gasteiger partial charge in [0.25, 0.3) is 5.91 Å². The lowest BCUT2D eigenvalue weighted by Gasteiger charge is -2.24. The average molecular weight is 498 g/mol. The Bertz CT molecular complexity index is 1190. The Morgan fingerprint density at radius 3 is 2.46 bits per heavy atom. The van der Waals surface area contributed by atoms with Crippen LogP contribution in [0.3, 0.4) is 0 Å². The standard InChI is InChI=1S/C27H32ClN3O4/c1-16(2)26-29-23(15-31(26)5)18-6-8-19(9-7-18)25(33)22(12-13-32)30-27(34)20-10-11-24(21(28)14-20)35-17(3)4/h6-11,14-15,17,22,25,32-33H,1,12-13H2,2-5H3,(H,30,34). The molecule has 8 heteroatoms. The Balaban J connectivity index is 1.75. The third-order valence-corrected chi connectivity index (χ3v) is 5.80. The van der Waals surface area contributed by atoms with E-state index in [0.29, 0.717) is 21.9 Å². The first-order valence-electron chi connectivity index (χ1n) is 11.5. The van der Waals surface area contributed by atoms with Gasteiger partial charge in [0.2, 0.25) is 0 Å². The SMILES string of the molecule is C=C(C)c1nc(-c2ccc(C(O)C(CCO)NC(=O)c3ccc(OC(C)C)c(Cl)c3)cc2)cn1C. The summed E-state index contributed by atoms with van der Waals surface area (Å²) in [4.78, 5) is 17.5. The molecule has 1 amide bonds. The van der Waals surface area contributed by atoms with Crippen LogP contribution in [0.25, 0.3) is 16.8 Å². The predicted octanol–water partition coefficient (Wildman–Crippen LogP) is 4.78. The summed E-state index contributed by atoms with van der Waals surface area (Å²) < 4.78 is 7.53. The zero-order valence-corrected chi connectivity index (χ0v) is 21.2. The van der Waals surface area contributed by atoms with Crippen molar-refractivity contribution in [1.29, 1.82) is 0 Å². The van der Waals surface area contributed by atoms with Gasteiger partial charge in [-0.2, -0.15) is 0 Å². The maximum atomic E-state index is 12.9. The second-order valence-corrected chi connectivity index (χ2v) is 9.22. The molecule has 0 fully saturated rings. The van der Waals surface area contributed by atoms with Gasteiger partial charge in [-0.05, 0) is 56.5 Å². The number of benzene rings is 2. The number of aliphatic hydroxyl groups excluding tert-OH is 2. The second-order valence-electron chi connectivity index (χ2n) is 8.81. The Labute approximate surface area is 211 Å².